The fourth-order valence-corrected chi connectivity index (χ4v) is 3.26. The third-order valence-corrected chi connectivity index (χ3v) is 4.75. The Labute approximate surface area is 110 Å². The minimum absolute atomic E-state index is 0.194. The van der Waals surface area contributed by atoms with Crippen molar-refractivity contribution in [2.45, 2.75) is 45.6 Å². The van der Waals surface area contributed by atoms with Gasteiger partial charge in [-0.05, 0) is 38.1 Å². The first kappa shape index (κ1) is 13.8. The molecule has 2 saturated heterocycles. The summed E-state index contributed by atoms with van der Waals surface area (Å²) in [6.45, 7) is 7.42. The van der Waals surface area contributed by atoms with Crippen molar-refractivity contribution in [1.29, 1.82) is 0 Å². The fraction of sp³-hybridized carbons (Fsp3) is 0.929. The van der Waals surface area contributed by atoms with Crippen LogP contribution in [0.25, 0.3) is 0 Å². The highest BCUT2D eigenvalue weighted by Crippen LogP contribution is 2.33. The molecule has 0 aliphatic carbocycles. The molecule has 4 nitrogen and oxygen atoms in total. The third-order valence-electron chi connectivity index (χ3n) is 4.75. The van der Waals surface area contributed by atoms with E-state index in [1.54, 1.807) is 0 Å². The van der Waals surface area contributed by atoms with Gasteiger partial charge in [-0.3, -0.25) is 4.79 Å². The molecule has 104 valence electrons. The molecule has 0 radical (unpaired) electrons. The Balaban J connectivity index is 2.05. The molecule has 2 fully saturated rings. The zero-order chi connectivity index (χ0) is 13.2. The van der Waals surface area contributed by atoms with E-state index in [9.17, 15) is 9.90 Å². The third kappa shape index (κ3) is 2.54. The average Bonchev–Trinajstić information content (AvgIpc) is 2.42. The zero-order valence-electron chi connectivity index (χ0n) is 11.6. The molecule has 0 aromatic heterocycles. The molecule has 18 heavy (non-hydrogen) atoms. The Morgan fingerprint density at radius 1 is 1.56 bits per heavy atom. The number of hydrogen-bond acceptors (Lipinski definition) is 3. The Kier molecular flexibility index (Phi) is 4.28. The van der Waals surface area contributed by atoms with Crippen LogP contribution >= 0.6 is 0 Å². The summed E-state index contributed by atoms with van der Waals surface area (Å²) in [7, 11) is 0. The number of hydrogen-bond donors (Lipinski definition) is 2. The lowest BCUT2D eigenvalue weighted by Crippen LogP contribution is -2.55. The highest BCUT2D eigenvalue weighted by molar-refractivity contribution is 5.83. The molecule has 1 amide bonds. The standard InChI is InChI=1S/C14H26N2O2/c1-3-14(6-4-7-15-10-14)13(18)16-8-5-12(17)11(2)9-16/h11-12,15,17H,3-10H2,1-2H3. The molecular formula is C14H26N2O2. The smallest absolute Gasteiger partial charge is 0.230 e. The van der Waals surface area contributed by atoms with Crippen LogP contribution in [0.1, 0.15) is 39.5 Å². The summed E-state index contributed by atoms with van der Waals surface area (Å²) < 4.78 is 0. The van der Waals surface area contributed by atoms with Gasteiger partial charge in [0.05, 0.1) is 11.5 Å². The normalized spacial score (nSPS) is 37.6. The molecule has 2 rings (SSSR count). The molecule has 0 aromatic rings. The second-order valence-corrected chi connectivity index (χ2v) is 6.00. The van der Waals surface area contributed by atoms with Gasteiger partial charge in [-0.15, -0.1) is 0 Å². The van der Waals surface area contributed by atoms with Gasteiger partial charge in [0.1, 0.15) is 0 Å². The van der Waals surface area contributed by atoms with E-state index in [-0.39, 0.29) is 17.4 Å². The molecule has 2 N–H and O–H groups in total. The maximum atomic E-state index is 12.8. The van der Waals surface area contributed by atoms with E-state index in [0.29, 0.717) is 19.0 Å². The predicted octanol–water partition coefficient (Wildman–Crippen LogP) is 0.995. The summed E-state index contributed by atoms with van der Waals surface area (Å²) in [5.74, 6) is 0.504. The number of piperidine rings is 2. The number of carbonyl (C=O) groups is 1. The summed E-state index contributed by atoms with van der Waals surface area (Å²) in [4.78, 5) is 14.7. The molecular weight excluding hydrogens is 228 g/mol. The van der Waals surface area contributed by atoms with Crippen molar-refractivity contribution in [2.75, 3.05) is 26.2 Å². The van der Waals surface area contributed by atoms with Crippen LogP contribution in [0, 0.1) is 11.3 Å². The Morgan fingerprint density at radius 3 is 2.89 bits per heavy atom. The molecule has 2 aliphatic heterocycles. The van der Waals surface area contributed by atoms with Crippen LogP contribution in [-0.4, -0.2) is 48.2 Å². The first-order chi connectivity index (χ1) is 8.59. The van der Waals surface area contributed by atoms with Gasteiger partial charge in [0.2, 0.25) is 5.91 Å². The van der Waals surface area contributed by atoms with Gasteiger partial charge in [0.15, 0.2) is 0 Å². The van der Waals surface area contributed by atoms with Crippen LogP contribution in [-0.2, 0) is 4.79 Å². The van der Waals surface area contributed by atoms with Gasteiger partial charge < -0.3 is 15.3 Å². The molecule has 2 heterocycles. The molecule has 3 unspecified atom stereocenters. The summed E-state index contributed by atoms with van der Waals surface area (Å²) in [5.41, 5.74) is -0.194. The largest absolute Gasteiger partial charge is 0.393 e. The highest BCUT2D eigenvalue weighted by atomic mass is 16.3. The van der Waals surface area contributed by atoms with E-state index in [2.05, 4.69) is 12.2 Å². The van der Waals surface area contributed by atoms with Crippen molar-refractivity contribution in [3.8, 4) is 0 Å². The Hall–Kier alpha value is -0.610. The quantitative estimate of drug-likeness (QED) is 0.773. The number of aliphatic hydroxyl groups excluding tert-OH is 1. The summed E-state index contributed by atoms with van der Waals surface area (Å²) in [5, 5.41) is 13.1. The van der Waals surface area contributed by atoms with E-state index in [4.69, 9.17) is 0 Å². The second kappa shape index (κ2) is 5.57. The van der Waals surface area contributed by atoms with Gasteiger partial charge in [0, 0.05) is 19.6 Å². The lowest BCUT2D eigenvalue weighted by Gasteiger charge is -2.43. The van der Waals surface area contributed by atoms with E-state index in [0.717, 1.165) is 38.8 Å². The first-order valence-corrected chi connectivity index (χ1v) is 7.27. The summed E-state index contributed by atoms with van der Waals surface area (Å²) >= 11 is 0. The minimum atomic E-state index is -0.240. The van der Waals surface area contributed by atoms with Gasteiger partial charge in [-0.25, -0.2) is 0 Å². The number of carbonyl (C=O) groups excluding carboxylic acids is 1. The number of amides is 1. The zero-order valence-corrected chi connectivity index (χ0v) is 11.6. The van der Waals surface area contributed by atoms with Gasteiger partial charge in [0.25, 0.3) is 0 Å². The molecule has 0 bridgehead atoms. The molecule has 0 saturated carbocycles. The number of rotatable bonds is 2. The van der Waals surface area contributed by atoms with E-state index >= 15 is 0 Å². The van der Waals surface area contributed by atoms with Crippen LogP contribution < -0.4 is 5.32 Å². The van der Waals surface area contributed by atoms with Crippen molar-refractivity contribution in [3.05, 3.63) is 0 Å². The summed E-state index contributed by atoms with van der Waals surface area (Å²) in [6, 6.07) is 0. The number of likely N-dealkylation sites (tertiary alicyclic amines) is 1. The molecule has 0 aromatic carbocycles. The molecule has 4 heteroatoms. The van der Waals surface area contributed by atoms with Crippen LogP contribution in [0.4, 0.5) is 0 Å². The SMILES string of the molecule is CCC1(C(=O)N2CCC(O)C(C)C2)CCCNC1. The average molecular weight is 254 g/mol. The van der Waals surface area contributed by atoms with Crippen molar-refractivity contribution in [2.24, 2.45) is 11.3 Å². The predicted molar refractivity (Wildman–Crippen MR) is 71.2 cm³/mol. The molecule has 2 aliphatic rings. The summed E-state index contributed by atoms with van der Waals surface area (Å²) in [6.07, 6.45) is 3.48. The van der Waals surface area contributed by atoms with Crippen molar-refractivity contribution >= 4 is 5.91 Å². The number of nitrogens with one attached hydrogen (secondary N) is 1. The second-order valence-electron chi connectivity index (χ2n) is 6.00. The van der Waals surface area contributed by atoms with Crippen LogP contribution in [0.15, 0.2) is 0 Å². The van der Waals surface area contributed by atoms with Crippen LogP contribution in [0.3, 0.4) is 0 Å². The maximum absolute atomic E-state index is 12.8. The lowest BCUT2D eigenvalue weighted by atomic mass is 9.76. The van der Waals surface area contributed by atoms with Crippen molar-refractivity contribution < 1.29 is 9.90 Å². The van der Waals surface area contributed by atoms with E-state index in [1.807, 2.05) is 11.8 Å². The van der Waals surface area contributed by atoms with Gasteiger partial charge >= 0.3 is 0 Å². The van der Waals surface area contributed by atoms with Crippen molar-refractivity contribution in [1.82, 2.24) is 10.2 Å². The molecule has 3 atom stereocenters. The van der Waals surface area contributed by atoms with Crippen molar-refractivity contribution in [3.63, 3.8) is 0 Å². The monoisotopic (exact) mass is 254 g/mol. The maximum Gasteiger partial charge on any atom is 0.230 e. The number of aliphatic hydroxyl groups is 1. The van der Waals surface area contributed by atoms with E-state index in [1.165, 1.54) is 0 Å². The van der Waals surface area contributed by atoms with Crippen LogP contribution in [0.2, 0.25) is 0 Å². The van der Waals surface area contributed by atoms with E-state index < -0.39 is 0 Å². The Morgan fingerprint density at radius 2 is 2.33 bits per heavy atom. The number of nitrogens with zero attached hydrogens (tertiary/aromatic N) is 1. The first-order valence-electron chi connectivity index (χ1n) is 7.27. The molecule has 0 spiro atoms. The fourth-order valence-electron chi connectivity index (χ4n) is 3.26. The lowest BCUT2D eigenvalue weighted by molar-refractivity contribution is -0.147. The van der Waals surface area contributed by atoms with Gasteiger partial charge in [-0.2, -0.15) is 0 Å². The topological polar surface area (TPSA) is 52.6 Å². The van der Waals surface area contributed by atoms with Crippen LogP contribution in [0.5, 0.6) is 0 Å². The van der Waals surface area contributed by atoms with Gasteiger partial charge in [-0.1, -0.05) is 13.8 Å². The Bertz CT molecular complexity index is 300. The minimum Gasteiger partial charge on any atom is -0.393 e. The highest BCUT2D eigenvalue weighted by Gasteiger charge is 2.42.